The van der Waals surface area contributed by atoms with Gasteiger partial charge in [-0.25, -0.2) is 0 Å². The standard InChI is InChI=1S/C19H25N3O2/c1-13-11-21(12-14(2)22(13)8-9-23)19(24)17-10-20-18-7-5-4-6-16(18)15(17)3/h4-7,10,13-14,23H,8-9,11-12H2,1-3H3/t13-,14+. The predicted molar refractivity (Wildman–Crippen MR) is 95.1 cm³/mol. The normalized spacial score (nSPS) is 22.1. The van der Waals surface area contributed by atoms with E-state index < -0.39 is 0 Å². The predicted octanol–water partition coefficient (Wildman–Crippen LogP) is 2.07. The Morgan fingerprint density at radius 1 is 1.25 bits per heavy atom. The Bertz CT molecular complexity index is 734. The van der Waals surface area contributed by atoms with Crippen LogP contribution in [0, 0.1) is 6.92 Å². The van der Waals surface area contributed by atoms with E-state index in [0.29, 0.717) is 25.2 Å². The number of pyridine rings is 1. The lowest BCUT2D eigenvalue weighted by atomic mass is 10.0. The average molecular weight is 327 g/mol. The molecule has 128 valence electrons. The second-order valence-electron chi connectivity index (χ2n) is 6.68. The highest BCUT2D eigenvalue weighted by Crippen LogP contribution is 2.23. The third-order valence-corrected chi connectivity index (χ3v) is 5.02. The minimum Gasteiger partial charge on any atom is -0.395 e. The van der Waals surface area contributed by atoms with Crippen molar-refractivity contribution in [1.29, 1.82) is 0 Å². The molecule has 0 aliphatic carbocycles. The fourth-order valence-corrected chi connectivity index (χ4v) is 3.74. The van der Waals surface area contributed by atoms with E-state index in [1.807, 2.05) is 36.1 Å². The molecule has 1 aromatic heterocycles. The number of para-hydroxylation sites is 1. The van der Waals surface area contributed by atoms with Crippen LogP contribution in [0.4, 0.5) is 0 Å². The van der Waals surface area contributed by atoms with Gasteiger partial charge in [-0.3, -0.25) is 14.7 Å². The van der Waals surface area contributed by atoms with Crippen molar-refractivity contribution in [2.75, 3.05) is 26.2 Å². The minimum absolute atomic E-state index is 0.0492. The van der Waals surface area contributed by atoms with Crippen molar-refractivity contribution in [2.45, 2.75) is 32.9 Å². The van der Waals surface area contributed by atoms with E-state index in [1.54, 1.807) is 6.20 Å². The van der Waals surface area contributed by atoms with Crippen molar-refractivity contribution in [1.82, 2.24) is 14.8 Å². The van der Waals surface area contributed by atoms with Gasteiger partial charge in [0.15, 0.2) is 0 Å². The largest absolute Gasteiger partial charge is 0.395 e. The van der Waals surface area contributed by atoms with Crippen LogP contribution in [-0.4, -0.2) is 64.1 Å². The Hall–Kier alpha value is -1.98. The van der Waals surface area contributed by atoms with E-state index in [0.717, 1.165) is 16.5 Å². The van der Waals surface area contributed by atoms with Crippen molar-refractivity contribution in [3.8, 4) is 0 Å². The van der Waals surface area contributed by atoms with E-state index >= 15 is 0 Å². The van der Waals surface area contributed by atoms with Gasteiger partial charge in [0.05, 0.1) is 17.7 Å². The van der Waals surface area contributed by atoms with Gasteiger partial charge in [-0.1, -0.05) is 18.2 Å². The number of benzene rings is 1. The zero-order chi connectivity index (χ0) is 17.3. The number of hydrogen-bond acceptors (Lipinski definition) is 4. The maximum atomic E-state index is 13.0. The second kappa shape index (κ2) is 6.87. The summed E-state index contributed by atoms with van der Waals surface area (Å²) < 4.78 is 0. The zero-order valence-corrected chi connectivity index (χ0v) is 14.6. The summed E-state index contributed by atoms with van der Waals surface area (Å²) in [6.07, 6.45) is 1.70. The zero-order valence-electron chi connectivity index (χ0n) is 14.6. The number of fused-ring (bicyclic) bond motifs is 1. The molecule has 3 rings (SSSR count). The summed E-state index contributed by atoms with van der Waals surface area (Å²) in [5.41, 5.74) is 2.59. The Morgan fingerprint density at radius 2 is 1.92 bits per heavy atom. The molecular formula is C19H25N3O2. The van der Waals surface area contributed by atoms with Gasteiger partial charge in [-0.2, -0.15) is 0 Å². The first kappa shape index (κ1) is 16.9. The van der Waals surface area contributed by atoms with Crippen molar-refractivity contribution in [3.63, 3.8) is 0 Å². The molecule has 1 fully saturated rings. The van der Waals surface area contributed by atoms with Crippen molar-refractivity contribution in [3.05, 3.63) is 41.6 Å². The first-order chi connectivity index (χ1) is 11.5. The van der Waals surface area contributed by atoms with Crippen LogP contribution >= 0.6 is 0 Å². The van der Waals surface area contributed by atoms with Crippen molar-refractivity contribution >= 4 is 16.8 Å². The number of aromatic nitrogens is 1. The van der Waals surface area contributed by atoms with E-state index in [9.17, 15) is 9.90 Å². The monoisotopic (exact) mass is 327 g/mol. The number of carbonyl (C=O) groups excluding carboxylic acids is 1. The lowest BCUT2D eigenvalue weighted by Crippen LogP contribution is -2.58. The molecule has 2 atom stereocenters. The fourth-order valence-electron chi connectivity index (χ4n) is 3.74. The van der Waals surface area contributed by atoms with Gasteiger partial charge in [-0.05, 0) is 32.4 Å². The van der Waals surface area contributed by atoms with Crippen LogP contribution in [-0.2, 0) is 0 Å². The number of piperazine rings is 1. The molecule has 1 aliphatic heterocycles. The van der Waals surface area contributed by atoms with E-state index in [1.165, 1.54) is 0 Å². The number of carbonyl (C=O) groups is 1. The van der Waals surface area contributed by atoms with Crippen LogP contribution in [0.25, 0.3) is 10.9 Å². The highest BCUT2D eigenvalue weighted by molar-refractivity contribution is 6.00. The lowest BCUT2D eigenvalue weighted by Gasteiger charge is -2.44. The van der Waals surface area contributed by atoms with Crippen LogP contribution in [0.2, 0.25) is 0 Å². The Morgan fingerprint density at radius 3 is 2.58 bits per heavy atom. The smallest absolute Gasteiger partial charge is 0.255 e. The number of aryl methyl sites for hydroxylation is 1. The molecular weight excluding hydrogens is 302 g/mol. The van der Waals surface area contributed by atoms with Gasteiger partial charge in [0.2, 0.25) is 0 Å². The Balaban J connectivity index is 1.86. The minimum atomic E-state index is 0.0492. The maximum Gasteiger partial charge on any atom is 0.255 e. The SMILES string of the molecule is Cc1c(C(=O)N2C[C@@H](C)N(CCO)[C@@H](C)C2)cnc2ccccc12. The summed E-state index contributed by atoms with van der Waals surface area (Å²) in [5, 5.41) is 10.2. The van der Waals surface area contributed by atoms with Crippen LogP contribution in [0.1, 0.15) is 29.8 Å². The molecule has 0 bridgehead atoms. The van der Waals surface area contributed by atoms with Crippen LogP contribution < -0.4 is 0 Å². The number of hydrogen-bond donors (Lipinski definition) is 1. The second-order valence-corrected chi connectivity index (χ2v) is 6.68. The summed E-state index contributed by atoms with van der Waals surface area (Å²) in [7, 11) is 0. The topological polar surface area (TPSA) is 56.7 Å². The molecule has 0 saturated carbocycles. The Kier molecular flexibility index (Phi) is 4.83. The highest BCUT2D eigenvalue weighted by Gasteiger charge is 2.32. The van der Waals surface area contributed by atoms with E-state index in [4.69, 9.17) is 0 Å². The molecule has 1 saturated heterocycles. The molecule has 5 nitrogen and oxygen atoms in total. The van der Waals surface area contributed by atoms with E-state index in [2.05, 4.69) is 23.7 Å². The summed E-state index contributed by atoms with van der Waals surface area (Å²) in [5.74, 6) is 0.0492. The lowest BCUT2D eigenvalue weighted by molar-refractivity contribution is 0.0236. The molecule has 5 heteroatoms. The first-order valence-corrected chi connectivity index (χ1v) is 8.53. The number of amides is 1. The fraction of sp³-hybridized carbons (Fsp3) is 0.474. The van der Waals surface area contributed by atoms with Gasteiger partial charge < -0.3 is 10.0 Å². The molecule has 2 heterocycles. The van der Waals surface area contributed by atoms with Gasteiger partial charge in [0.1, 0.15) is 0 Å². The first-order valence-electron chi connectivity index (χ1n) is 8.53. The van der Waals surface area contributed by atoms with Crippen LogP contribution in [0.3, 0.4) is 0 Å². The number of nitrogens with zero attached hydrogens (tertiary/aromatic N) is 3. The molecule has 1 aromatic carbocycles. The third-order valence-electron chi connectivity index (χ3n) is 5.02. The number of aliphatic hydroxyl groups is 1. The van der Waals surface area contributed by atoms with Gasteiger partial charge in [0, 0.05) is 43.3 Å². The highest BCUT2D eigenvalue weighted by atomic mass is 16.3. The molecule has 1 amide bonds. The summed E-state index contributed by atoms with van der Waals surface area (Å²) in [6.45, 7) is 8.36. The summed E-state index contributed by atoms with van der Waals surface area (Å²) in [6, 6.07) is 8.38. The van der Waals surface area contributed by atoms with Gasteiger partial charge in [0.25, 0.3) is 5.91 Å². The molecule has 0 unspecified atom stereocenters. The molecule has 2 aromatic rings. The summed E-state index contributed by atoms with van der Waals surface area (Å²) >= 11 is 0. The van der Waals surface area contributed by atoms with Crippen LogP contribution in [0.5, 0.6) is 0 Å². The van der Waals surface area contributed by atoms with Gasteiger partial charge in [-0.15, -0.1) is 0 Å². The Labute approximate surface area is 142 Å². The van der Waals surface area contributed by atoms with Crippen LogP contribution in [0.15, 0.2) is 30.5 Å². The van der Waals surface area contributed by atoms with E-state index in [-0.39, 0.29) is 24.6 Å². The molecule has 0 spiro atoms. The third kappa shape index (κ3) is 3.01. The molecule has 1 N–H and O–H groups in total. The molecule has 24 heavy (non-hydrogen) atoms. The van der Waals surface area contributed by atoms with Crippen molar-refractivity contribution in [2.24, 2.45) is 0 Å². The summed E-state index contributed by atoms with van der Waals surface area (Å²) in [4.78, 5) is 21.7. The van der Waals surface area contributed by atoms with Gasteiger partial charge >= 0.3 is 0 Å². The molecule has 1 aliphatic rings. The number of aliphatic hydroxyl groups excluding tert-OH is 1. The number of β-amino-alcohol motifs (C(OH)–C–C–N with tert-alkyl or cyclic N) is 1. The average Bonchev–Trinajstić information content (AvgIpc) is 2.58. The maximum absolute atomic E-state index is 13.0. The molecule has 0 radical (unpaired) electrons. The van der Waals surface area contributed by atoms with Crippen molar-refractivity contribution < 1.29 is 9.90 Å². The quantitative estimate of drug-likeness (QED) is 0.938. The number of rotatable bonds is 3.